The SMILES string of the molecule is C[C@H]1OCCN[C@@H]1C(=O)Nc1ccc(F)c(NS(C)(=O)=O)c1. The van der Waals surface area contributed by atoms with Crippen LogP contribution in [0.25, 0.3) is 0 Å². The molecule has 1 aromatic rings. The zero-order valence-corrected chi connectivity index (χ0v) is 13.0. The third kappa shape index (κ3) is 4.39. The number of ether oxygens (including phenoxy) is 1. The van der Waals surface area contributed by atoms with Crippen LogP contribution in [-0.4, -0.2) is 45.9 Å². The maximum Gasteiger partial charge on any atom is 0.244 e. The van der Waals surface area contributed by atoms with E-state index < -0.39 is 21.9 Å². The molecule has 0 saturated carbocycles. The van der Waals surface area contributed by atoms with Gasteiger partial charge in [0.25, 0.3) is 0 Å². The summed E-state index contributed by atoms with van der Waals surface area (Å²) in [6.07, 6.45) is 0.630. The zero-order chi connectivity index (χ0) is 16.3. The molecular weight excluding hydrogens is 313 g/mol. The van der Waals surface area contributed by atoms with Crippen molar-refractivity contribution in [3.05, 3.63) is 24.0 Å². The first-order chi connectivity index (χ1) is 10.3. The van der Waals surface area contributed by atoms with E-state index in [1.807, 2.05) is 0 Å². The minimum atomic E-state index is -3.61. The van der Waals surface area contributed by atoms with Crippen LogP contribution in [0.2, 0.25) is 0 Å². The van der Waals surface area contributed by atoms with Crippen molar-refractivity contribution in [1.82, 2.24) is 5.32 Å². The molecule has 1 heterocycles. The Labute approximate surface area is 128 Å². The van der Waals surface area contributed by atoms with Crippen molar-refractivity contribution in [2.45, 2.75) is 19.1 Å². The molecule has 1 aromatic carbocycles. The molecule has 1 aliphatic rings. The van der Waals surface area contributed by atoms with E-state index in [0.29, 0.717) is 13.2 Å². The van der Waals surface area contributed by atoms with Crippen molar-refractivity contribution >= 4 is 27.3 Å². The third-order valence-electron chi connectivity index (χ3n) is 3.13. The molecule has 7 nitrogen and oxygen atoms in total. The molecule has 2 atom stereocenters. The van der Waals surface area contributed by atoms with Gasteiger partial charge in [-0.05, 0) is 25.1 Å². The van der Waals surface area contributed by atoms with E-state index in [0.717, 1.165) is 12.3 Å². The summed E-state index contributed by atoms with van der Waals surface area (Å²) in [6.45, 7) is 2.87. The monoisotopic (exact) mass is 331 g/mol. The van der Waals surface area contributed by atoms with Crippen LogP contribution in [0.1, 0.15) is 6.92 Å². The predicted molar refractivity (Wildman–Crippen MR) is 80.7 cm³/mol. The molecular formula is C13H18FN3O4S. The van der Waals surface area contributed by atoms with E-state index >= 15 is 0 Å². The zero-order valence-electron chi connectivity index (χ0n) is 12.2. The van der Waals surface area contributed by atoms with E-state index in [2.05, 4.69) is 15.4 Å². The molecule has 1 fully saturated rings. The van der Waals surface area contributed by atoms with Crippen molar-refractivity contribution in [2.75, 3.05) is 29.4 Å². The Hall–Kier alpha value is -1.71. The molecule has 0 bridgehead atoms. The number of rotatable bonds is 4. The average molecular weight is 331 g/mol. The first-order valence-electron chi connectivity index (χ1n) is 6.69. The van der Waals surface area contributed by atoms with Crippen molar-refractivity contribution in [3.8, 4) is 0 Å². The highest BCUT2D eigenvalue weighted by molar-refractivity contribution is 7.92. The molecule has 22 heavy (non-hydrogen) atoms. The second-order valence-electron chi connectivity index (χ2n) is 5.07. The number of carbonyl (C=O) groups excluding carboxylic acids is 1. The highest BCUT2D eigenvalue weighted by Gasteiger charge is 2.28. The summed E-state index contributed by atoms with van der Waals surface area (Å²) in [5.74, 6) is -1.06. The molecule has 1 amide bonds. The molecule has 1 saturated heterocycles. The molecule has 1 aliphatic heterocycles. The van der Waals surface area contributed by atoms with Crippen LogP contribution in [0.5, 0.6) is 0 Å². The quantitative estimate of drug-likeness (QED) is 0.747. The van der Waals surface area contributed by atoms with Gasteiger partial charge >= 0.3 is 0 Å². The van der Waals surface area contributed by atoms with Crippen molar-refractivity contribution < 1.29 is 22.3 Å². The largest absolute Gasteiger partial charge is 0.375 e. The third-order valence-corrected chi connectivity index (χ3v) is 3.72. The fourth-order valence-electron chi connectivity index (χ4n) is 2.13. The van der Waals surface area contributed by atoms with Gasteiger partial charge in [0.05, 0.1) is 24.7 Å². The smallest absolute Gasteiger partial charge is 0.244 e. The van der Waals surface area contributed by atoms with Gasteiger partial charge in [0.2, 0.25) is 15.9 Å². The second kappa shape index (κ2) is 6.59. The van der Waals surface area contributed by atoms with Gasteiger partial charge in [-0.15, -0.1) is 0 Å². The van der Waals surface area contributed by atoms with Gasteiger partial charge in [0.1, 0.15) is 11.9 Å². The lowest BCUT2D eigenvalue weighted by Gasteiger charge is -2.29. The van der Waals surface area contributed by atoms with Gasteiger partial charge in [0, 0.05) is 12.2 Å². The maximum atomic E-state index is 13.6. The number of morpholine rings is 1. The van der Waals surface area contributed by atoms with Gasteiger partial charge in [-0.3, -0.25) is 9.52 Å². The Morgan fingerprint density at radius 3 is 2.82 bits per heavy atom. The first kappa shape index (κ1) is 16.7. The number of hydrogen-bond donors (Lipinski definition) is 3. The Morgan fingerprint density at radius 1 is 1.45 bits per heavy atom. The summed E-state index contributed by atoms with van der Waals surface area (Å²) in [4.78, 5) is 12.2. The van der Waals surface area contributed by atoms with E-state index in [4.69, 9.17) is 4.74 Å². The van der Waals surface area contributed by atoms with Crippen LogP contribution in [0.4, 0.5) is 15.8 Å². The van der Waals surface area contributed by atoms with Gasteiger partial charge in [-0.1, -0.05) is 0 Å². The summed E-state index contributed by atoms with van der Waals surface area (Å²) in [7, 11) is -3.61. The molecule has 9 heteroatoms. The second-order valence-corrected chi connectivity index (χ2v) is 6.81. The molecule has 0 aromatic heterocycles. The van der Waals surface area contributed by atoms with Gasteiger partial charge in [0.15, 0.2) is 0 Å². The molecule has 0 spiro atoms. The van der Waals surface area contributed by atoms with Crippen molar-refractivity contribution in [3.63, 3.8) is 0 Å². The average Bonchev–Trinajstić information content (AvgIpc) is 2.41. The highest BCUT2D eigenvalue weighted by Crippen LogP contribution is 2.21. The fraction of sp³-hybridized carbons (Fsp3) is 0.462. The summed E-state index contributed by atoms with van der Waals surface area (Å²) in [5, 5.41) is 5.64. The van der Waals surface area contributed by atoms with Gasteiger partial charge in [-0.2, -0.15) is 0 Å². The standard InChI is InChI=1S/C13H18FN3O4S/c1-8-12(15-5-6-21-8)13(18)16-9-3-4-10(14)11(7-9)17-22(2,19)20/h3-4,7-8,12,15,17H,5-6H2,1-2H3,(H,16,18)/t8-,12+/m1/s1. The summed E-state index contributed by atoms with van der Waals surface area (Å²) < 4.78 is 43.4. The van der Waals surface area contributed by atoms with Crippen LogP contribution in [0.3, 0.4) is 0 Å². The number of carbonyl (C=O) groups is 1. The molecule has 0 radical (unpaired) electrons. The van der Waals surface area contributed by atoms with Crippen molar-refractivity contribution in [1.29, 1.82) is 0 Å². The van der Waals surface area contributed by atoms with Crippen LogP contribution in [0.15, 0.2) is 18.2 Å². The number of benzene rings is 1. The van der Waals surface area contributed by atoms with Crippen LogP contribution in [0, 0.1) is 5.82 Å². The summed E-state index contributed by atoms with van der Waals surface area (Å²) >= 11 is 0. The lowest BCUT2D eigenvalue weighted by molar-refractivity contribution is -0.123. The number of anilines is 2. The molecule has 0 aliphatic carbocycles. The van der Waals surface area contributed by atoms with Crippen molar-refractivity contribution in [2.24, 2.45) is 0 Å². The van der Waals surface area contributed by atoms with Gasteiger partial charge in [-0.25, -0.2) is 12.8 Å². The van der Waals surface area contributed by atoms with Crippen LogP contribution >= 0.6 is 0 Å². The molecule has 122 valence electrons. The Morgan fingerprint density at radius 2 is 2.18 bits per heavy atom. The number of hydrogen-bond acceptors (Lipinski definition) is 5. The lowest BCUT2D eigenvalue weighted by atomic mass is 10.1. The van der Waals surface area contributed by atoms with Crippen LogP contribution < -0.4 is 15.4 Å². The van der Waals surface area contributed by atoms with E-state index in [1.165, 1.54) is 12.1 Å². The van der Waals surface area contributed by atoms with E-state index in [1.54, 1.807) is 6.92 Å². The normalized spacial score (nSPS) is 22.1. The molecule has 3 N–H and O–H groups in total. The number of halogens is 1. The van der Waals surface area contributed by atoms with Gasteiger partial charge < -0.3 is 15.4 Å². The highest BCUT2D eigenvalue weighted by atomic mass is 32.2. The number of amides is 1. The minimum absolute atomic E-state index is 0.221. The Kier molecular flexibility index (Phi) is 4.99. The maximum absolute atomic E-state index is 13.6. The predicted octanol–water partition coefficient (Wildman–Crippen LogP) is 0.513. The van der Waals surface area contributed by atoms with E-state index in [9.17, 15) is 17.6 Å². The summed E-state index contributed by atoms with van der Waals surface area (Å²) in [6, 6.07) is 3.14. The first-order valence-corrected chi connectivity index (χ1v) is 8.58. The fourth-order valence-corrected chi connectivity index (χ4v) is 2.68. The Bertz CT molecular complexity index is 665. The topological polar surface area (TPSA) is 96.5 Å². The Balaban J connectivity index is 2.12. The number of sulfonamides is 1. The molecule has 2 rings (SSSR count). The molecule has 0 unspecified atom stereocenters. The van der Waals surface area contributed by atoms with E-state index in [-0.39, 0.29) is 23.4 Å². The minimum Gasteiger partial charge on any atom is -0.375 e. The number of nitrogens with one attached hydrogen (secondary N) is 3. The van der Waals surface area contributed by atoms with Crippen LogP contribution in [-0.2, 0) is 19.6 Å². The lowest BCUT2D eigenvalue weighted by Crippen LogP contribution is -2.53. The summed E-state index contributed by atoms with van der Waals surface area (Å²) in [5.41, 5.74) is 0.0679.